The van der Waals surface area contributed by atoms with Crippen LogP contribution >= 0.6 is 12.4 Å². The Kier molecular flexibility index (Phi) is 4.67. The predicted octanol–water partition coefficient (Wildman–Crippen LogP) is 3.30. The van der Waals surface area contributed by atoms with Crippen molar-refractivity contribution in [3.63, 3.8) is 0 Å². The van der Waals surface area contributed by atoms with Crippen molar-refractivity contribution in [2.24, 2.45) is 0 Å². The Balaban J connectivity index is 0.00000128. The second-order valence-corrected chi connectivity index (χ2v) is 3.46. The lowest BCUT2D eigenvalue weighted by Crippen LogP contribution is -1.99. The number of nitrogen functional groups attached to an aromatic ring is 1. The molecule has 0 unspecified atom stereocenters. The number of anilines is 2. The molecule has 2 nitrogen and oxygen atoms in total. The van der Waals surface area contributed by atoms with Gasteiger partial charge in [0.25, 0.3) is 0 Å². The molecule has 0 aliphatic carbocycles. The minimum atomic E-state index is 0. The van der Waals surface area contributed by atoms with Crippen molar-refractivity contribution in [3.8, 4) is 0 Å². The summed E-state index contributed by atoms with van der Waals surface area (Å²) in [7, 11) is 0. The fraction of sp³-hybridized carbons (Fsp3) is 0.0769. The Labute approximate surface area is 102 Å². The van der Waals surface area contributed by atoms with Crippen LogP contribution in [0.15, 0.2) is 54.6 Å². The van der Waals surface area contributed by atoms with Crippen molar-refractivity contribution in [3.05, 3.63) is 60.2 Å². The van der Waals surface area contributed by atoms with Crippen LogP contribution in [0.25, 0.3) is 0 Å². The third-order valence-electron chi connectivity index (χ3n) is 2.23. The maximum Gasteiger partial charge on any atom is 0.0400 e. The second kappa shape index (κ2) is 6.03. The summed E-state index contributed by atoms with van der Waals surface area (Å²) in [4.78, 5) is 0. The molecule has 0 atom stereocenters. The van der Waals surface area contributed by atoms with Crippen LogP contribution in [0.1, 0.15) is 5.56 Å². The number of hydrogen-bond donors (Lipinski definition) is 2. The van der Waals surface area contributed by atoms with Crippen LogP contribution in [0.4, 0.5) is 11.4 Å². The second-order valence-electron chi connectivity index (χ2n) is 3.46. The van der Waals surface area contributed by atoms with Crippen molar-refractivity contribution in [2.45, 2.75) is 6.54 Å². The lowest BCUT2D eigenvalue weighted by molar-refractivity contribution is 1.15. The summed E-state index contributed by atoms with van der Waals surface area (Å²) in [6, 6.07) is 18.1. The van der Waals surface area contributed by atoms with Crippen LogP contribution in [-0.4, -0.2) is 0 Å². The summed E-state index contributed by atoms with van der Waals surface area (Å²) in [5.74, 6) is 0. The minimum absolute atomic E-state index is 0. The zero-order chi connectivity index (χ0) is 10.5. The van der Waals surface area contributed by atoms with Crippen LogP contribution in [0.5, 0.6) is 0 Å². The van der Waals surface area contributed by atoms with Gasteiger partial charge in [-0.05, 0) is 23.8 Å². The molecule has 0 aliphatic heterocycles. The highest BCUT2D eigenvalue weighted by Crippen LogP contribution is 2.12. The number of benzene rings is 2. The maximum atomic E-state index is 5.69. The van der Waals surface area contributed by atoms with Gasteiger partial charge in [0.15, 0.2) is 0 Å². The lowest BCUT2D eigenvalue weighted by Gasteiger charge is -2.06. The summed E-state index contributed by atoms with van der Waals surface area (Å²) in [6.45, 7) is 0.824. The topological polar surface area (TPSA) is 38.0 Å². The van der Waals surface area contributed by atoms with Crippen LogP contribution in [0, 0.1) is 0 Å². The van der Waals surface area contributed by atoms with Crippen molar-refractivity contribution >= 4 is 23.8 Å². The van der Waals surface area contributed by atoms with Crippen molar-refractivity contribution in [1.29, 1.82) is 0 Å². The van der Waals surface area contributed by atoms with Gasteiger partial charge >= 0.3 is 0 Å². The highest BCUT2D eigenvalue weighted by molar-refractivity contribution is 5.85. The van der Waals surface area contributed by atoms with E-state index in [2.05, 4.69) is 17.4 Å². The molecule has 2 rings (SSSR count). The third kappa shape index (κ3) is 3.48. The van der Waals surface area contributed by atoms with Gasteiger partial charge in [-0.3, -0.25) is 0 Å². The molecule has 2 aromatic rings. The summed E-state index contributed by atoms with van der Waals surface area (Å²) in [5, 5.41) is 3.32. The first-order valence-electron chi connectivity index (χ1n) is 4.98. The van der Waals surface area contributed by atoms with E-state index in [0.29, 0.717) is 0 Å². The molecule has 0 saturated heterocycles. The number of nitrogens with one attached hydrogen (secondary N) is 1. The fourth-order valence-corrected chi connectivity index (χ4v) is 1.45. The first-order chi connectivity index (χ1) is 7.34. The van der Waals surface area contributed by atoms with Gasteiger partial charge in [-0.1, -0.05) is 36.4 Å². The molecular weight excluding hydrogens is 220 g/mol. The van der Waals surface area contributed by atoms with Gasteiger partial charge in [0.2, 0.25) is 0 Å². The first kappa shape index (κ1) is 12.4. The van der Waals surface area contributed by atoms with Crippen LogP contribution in [0.3, 0.4) is 0 Å². The summed E-state index contributed by atoms with van der Waals surface area (Å²) >= 11 is 0. The lowest BCUT2D eigenvalue weighted by atomic mass is 10.2. The number of halogens is 1. The molecule has 3 heteroatoms. The van der Waals surface area contributed by atoms with E-state index >= 15 is 0 Å². The molecule has 0 saturated carbocycles. The van der Waals surface area contributed by atoms with Crippen LogP contribution < -0.4 is 11.1 Å². The standard InChI is InChI=1S/C13H14N2.ClH/c14-12-7-4-8-13(9-12)15-10-11-5-2-1-3-6-11;/h1-9,15H,10,14H2;1H. The Hall–Kier alpha value is -1.67. The largest absolute Gasteiger partial charge is 0.399 e. The van der Waals surface area contributed by atoms with Gasteiger partial charge in [-0.2, -0.15) is 0 Å². The molecular formula is C13H15ClN2. The summed E-state index contributed by atoms with van der Waals surface area (Å²) in [5.41, 5.74) is 8.79. The molecule has 0 amide bonds. The Morgan fingerprint density at radius 2 is 1.69 bits per heavy atom. The smallest absolute Gasteiger partial charge is 0.0400 e. The molecule has 16 heavy (non-hydrogen) atoms. The zero-order valence-electron chi connectivity index (χ0n) is 8.89. The SMILES string of the molecule is Cl.Nc1cccc(NCc2ccccc2)c1. The highest BCUT2D eigenvalue weighted by atomic mass is 35.5. The molecule has 0 radical (unpaired) electrons. The average molecular weight is 235 g/mol. The molecule has 0 aromatic heterocycles. The number of rotatable bonds is 3. The average Bonchev–Trinajstić information content (AvgIpc) is 2.28. The van der Waals surface area contributed by atoms with Crippen LogP contribution in [-0.2, 0) is 6.54 Å². The van der Waals surface area contributed by atoms with Crippen molar-refractivity contribution < 1.29 is 0 Å². The van der Waals surface area contributed by atoms with Crippen molar-refractivity contribution in [2.75, 3.05) is 11.1 Å². The minimum Gasteiger partial charge on any atom is -0.399 e. The van der Waals surface area contributed by atoms with E-state index in [4.69, 9.17) is 5.73 Å². The van der Waals surface area contributed by atoms with E-state index in [1.54, 1.807) is 0 Å². The van der Waals surface area contributed by atoms with Gasteiger partial charge in [-0.25, -0.2) is 0 Å². The molecule has 3 N–H and O–H groups in total. The monoisotopic (exact) mass is 234 g/mol. The highest BCUT2D eigenvalue weighted by Gasteiger charge is 1.93. The van der Waals surface area contributed by atoms with E-state index in [9.17, 15) is 0 Å². The van der Waals surface area contributed by atoms with E-state index in [-0.39, 0.29) is 12.4 Å². The van der Waals surface area contributed by atoms with Gasteiger partial charge in [-0.15, -0.1) is 12.4 Å². The van der Waals surface area contributed by atoms with Crippen molar-refractivity contribution in [1.82, 2.24) is 0 Å². The summed E-state index contributed by atoms with van der Waals surface area (Å²) < 4.78 is 0. The van der Waals surface area contributed by atoms with E-state index in [0.717, 1.165) is 17.9 Å². The summed E-state index contributed by atoms with van der Waals surface area (Å²) in [6.07, 6.45) is 0. The van der Waals surface area contributed by atoms with Gasteiger partial charge in [0, 0.05) is 17.9 Å². The molecule has 0 heterocycles. The Morgan fingerprint density at radius 3 is 2.38 bits per heavy atom. The number of hydrogen-bond acceptors (Lipinski definition) is 2. The molecule has 84 valence electrons. The van der Waals surface area contributed by atoms with E-state index < -0.39 is 0 Å². The van der Waals surface area contributed by atoms with Crippen LogP contribution in [0.2, 0.25) is 0 Å². The molecule has 0 bridgehead atoms. The first-order valence-corrected chi connectivity index (χ1v) is 4.98. The zero-order valence-corrected chi connectivity index (χ0v) is 9.71. The molecule has 0 aliphatic rings. The molecule has 0 spiro atoms. The number of nitrogens with two attached hydrogens (primary N) is 1. The Morgan fingerprint density at radius 1 is 0.938 bits per heavy atom. The molecule has 0 fully saturated rings. The van der Waals surface area contributed by atoms with Gasteiger partial charge < -0.3 is 11.1 Å². The predicted molar refractivity (Wildman–Crippen MR) is 71.9 cm³/mol. The van der Waals surface area contributed by atoms with Gasteiger partial charge in [0.1, 0.15) is 0 Å². The molecule has 2 aromatic carbocycles. The normalized spacial score (nSPS) is 9.25. The fourth-order valence-electron chi connectivity index (χ4n) is 1.45. The Bertz CT molecular complexity index is 429. The quantitative estimate of drug-likeness (QED) is 0.800. The van der Waals surface area contributed by atoms with Gasteiger partial charge in [0.05, 0.1) is 0 Å². The van der Waals surface area contributed by atoms with E-state index in [1.165, 1.54) is 5.56 Å². The maximum absolute atomic E-state index is 5.69. The van der Waals surface area contributed by atoms with E-state index in [1.807, 2.05) is 42.5 Å². The third-order valence-corrected chi connectivity index (χ3v) is 2.23.